The molecule has 7 nitrogen and oxygen atoms in total. The highest BCUT2D eigenvalue weighted by molar-refractivity contribution is 6.30. The number of carbonyl (C=O) groups is 3. The molecule has 2 aliphatic rings. The number of hydrogen-bond acceptors (Lipinski definition) is 4. The van der Waals surface area contributed by atoms with Crippen LogP contribution < -0.4 is 5.32 Å². The van der Waals surface area contributed by atoms with Gasteiger partial charge < -0.3 is 14.8 Å². The lowest BCUT2D eigenvalue weighted by atomic mass is 10.1. The van der Waals surface area contributed by atoms with Gasteiger partial charge in [-0.05, 0) is 43.9 Å². The Bertz CT molecular complexity index is 1290. The van der Waals surface area contributed by atoms with Crippen LogP contribution in [0.1, 0.15) is 35.7 Å². The van der Waals surface area contributed by atoms with Crippen molar-refractivity contribution >= 4 is 40.2 Å². The first kappa shape index (κ1) is 21.6. The molecule has 1 N–H and O–H groups in total. The third kappa shape index (κ3) is 3.88. The van der Waals surface area contributed by atoms with Crippen LogP contribution >= 0.6 is 11.6 Å². The molecule has 170 valence electrons. The second-order valence-electron chi connectivity index (χ2n) is 8.65. The average molecular weight is 469 g/mol. The molecule has 2 aromatic heterocycles. The number of pyridine rings is 1. The number of hydrogen-bond donors (Lipinski definition) is 1. The predicted molar refractivity (Wildman–Crippen MR) is 120 cm³/mol. The van der Waals surface area contributed by atoms with Gasteiger partial charge in [-0.25, -0.2) is 9.37 Å². The van der Waals surface area contributed by atoms with E-state index in [9.17, 15) is 18.8 Å². The van der Waals surface area contributed by atoms with Crippen LogP contribution in [0.25, 0.3) is 11.0 Å². The van der Waals surface area contributed by atoms with E-state index in [4.69, 9.17) is 11.6 Å². The van der Waals surface area contributed by atoms with Gasteiger partial charge in [0, 0.05) is 41.5 Å². The van der Waals surface area contributed by atoms with Gasteiger partial charge in [0.2, 0.25) is 11.8 Å². The first-order valence-electron chi connectivity index (χ1n) is 10.8. The number of nitrogens with one attached hydrogen (secondary N) is 1. The highest BCUT2D eigenvalue weighted by atomic mass is 35.5. The molecule has 1 aliphatic carbocycles. The van der Waals surface area contributed by atoms with Crippen molar-refractivity contribution in [2.75, 3.05) is 0 Å². The molecule has 3 heterocycles. The second-order valence-corrected chi connectivity index (χ2v) is 9.06. The van der Waals surface area contributed by atoms with Gasteiger partial charge in [0.15, 0.2) is 5.78 Å². The van der Waals surface area contributed by atoms with Crippen molar-refractivity contribution in [3.05, 3.63) is 64.7 Å². The average Bonchev–Trinajstić information content (AvgIpc) is 3.30. The van der Waals surface area contributed by atoms with Crippen LogP contribution in [-0.4, -0.2) is 44.1 Å². The highest BCUT2D eigenvalue weighted by Gasteiger charge is 2.55. The molecule has 3 aromatic rings. The molecule has 1 saturated heterocycles. The van der Waals surface area contributed by atoms with Gasteiger partial charge in [0.05, 0.1) is 5.02 Å². The predicted octanol–water partition coefficient (Wildman–Crippen LogP) is 3.34. The maximum absolute atomic E-state index is 14.2. The number of benzene rings is 1. The first-order valence-corrected chi connectivity index (χ1v) is 11.2. The number of ketones is 1. The molecule has 5 rings (SSSR count). The van der Waals surface area contributed by atoms with Crippen molar-refractivity contribution < 1.29 is 18.8 Å². The maximum Gasteiger partial charge on any atom is 0.243 e. The van der Waals surface area contributed by atoms with Crippen molar-refractivity contribution in [3.63, 3.8) is 0 Å². The van der Waals surface area contributed by atoms with Crippen molar-refractivity contribution in [3.8, 4) is 0 Å². The Balaban J connectivity index is 1.33. The third-order valence-electron chi connectivity index (χ3n) is 6.50. The summed E-state index contributed by atoms with van der Waals surface area (Å²) in [6.07, 6.45) is 4.73. The van der Waals surface area contributed by atoms with E-state index in [0.29, 0.717) is 34.5 Å². The second kappa shape index (κ2) is 8.26. The molecule has 1 aromatic carbocycles. The lowest BCUT2D eigenvalue weighted by Gasteiger charge is -2.27. The summed E-state index contributed by atoms with van der Waals surface area (Å²) < 4.78 is 15.8. The third-order valence-corrected chi connectivity index (χ3v) is 6.79. The largest absolute Gasteiger partial charge is 0.350 e. The summed E-state index contributed by atoms with van der Waals surface area (Å²) in [7, 11) is 0. The van der Waals surface area contributed by atoms with Crippen molar-refractivity contribution in [1.82, 2.24) is 19.8 Å². The van der Waals surface area contributed by atoms with Gasteiger partial charge in [0.25, 0.3) is 0 Å². The fourth-order valence-corrected chi connectivity index (χ4v) is 4.98. The Labute approximate surface area is 194 Å². The molecule has 2 fully saturated rings. The number of aromatic nitrogens is 2. The van der Waals surface area contributed by atoms with Crippen LogP contribution in [0.5, 0.6) is 0 Å². The van der Waals surface area contributed by atoms with Gasteiger partial charge in [-0.15, -0.1) is 0 Å². The van der Waals surface area contributed by atoms with E-state index >= 15 is 0 Å². The molecule has 1 saturated carbocycles. The molecule has 0 unspecified atom stereocenters. The van der Waals surface area contributed by atoms with E-state index in [1.54, 1.807) is 46.1 Å². The van der Waals surface area contributed by atoms with Crippen LogP contribution in [0, 0.1) is 11.7 Å². The standard InChI is InChI=1S/C24H22ClFN4O3/c1-13(31)17-11-29(23-16(17)5-3-7-27-23)12-21(32)30-19-8-15(19)9-20(30)24(33)28-10-14-4-2-6-18(25)22(14)26/h2-7,11,15,19-20H,8-10,12H2,1H3,(H,28,33)/t15-,19-,20+/m1/s1. The van der Waals surface area contributed by atoms with E-state index in [1.165, 1.54) is 13.0 Å². The Morgan fingerprint density at radius 3 is 2.82 bits per heavy atom. The fourth-order valence-electron chi connectivity index (χ4n) is 4.79. The normalized spacial score (nSPS) is 21.2. The minimum Gasteiger partial charge on any atom is -0.350 e. The Kier molecular flexibility index (Phi) is 5.40. The van der Waals surface area contributed by atoms with Crippen molar-refractivity contribution in [1.29, 1.82) is 0 Å². The number of nitrogens with zero attached hydrogens (tertiary/aromatic N) is 3. The van der Waals surface area contributed by atoms with Gasteiger partial charge in [0.1, 0.15) is 24.1 Å². The molecule has 0 spiro atoms. The zero-order chi connectivity index (χ0) is 23.3. The van der Waals surface area contributed by atoms with Crippen LogP contribution in [0.2, 0.25) is 5.02 Å². The molecule has 9 heteroatoms. The van der Waals surface area contributed by atoms with E-state index < -0.39 is 11.9 Å². The molecule has 0 bridgehead atoms. The number of fused-ring (bicyclic) bond motifs is 2. The van der Waals surface area contributed by atoms with Gasteiger partial charge in [-0.1, -0.05) is 23.7 Å². The van der Waals surface area contributed by atoms with E-state index in [-0.39, 0.29) is 41.8 Å². The number of likely N-dealkylation sites (tertiary alicyclic amines) is 1. The zero-order valence-electron chi connectivity index (χ0n) is 17.9. The molecule has 33 heavy (non-hydrogen) atoms. The molecule has 1 aliphatic heterocycles. The number of rotatable bonds is 6. The highest BCUT2D eigenvalue weighted by Crippen LogP contribution is 2.48. The van der Waals surface area contributed by atoms with E-state index in [0.717, 1.165) is 6.42 Å². The Morgan fingerprint density at radius 2 is 2.03 bits per heavy atom. The first-order chi connectivity index (χ1) is 15.8. The monoisotopic (exact) mass is 468 g/mol. The summed E-state index contributed by atoms with van der Waals surface area (Å²) in [5.41, 5.74) is 1.35. The summed E-state index contributed by atoms with van der Waals surface area (Å²) in [6, 6.07) is 7.62. The van der Waals surface area contributed by atoms with Gasteiger partial charge in [-0.3, -0.25) is 14.4 Å². The van der Waals surface area contributed by atoms with Crippen LogP contribution in [0.15, 0.2) is 42.7 Å². The fraction of sp³-hybridized carbons (Fsp3) is 0.333. The molecule has 2 amide bonds. The smallest absolute Gasteiger partial charge is 0.243 e. The van der Waals surface area contributed by atoms with Gasteiger partial charge in [-0.2, -0.15) is 0 Å². The number of piperidine rings is 1. The minimum absolute atomic E-state index is 0.00171. The van der Waals surface area contributed by atoms with E-state index in [1.807, 2.05) is 0 Å². The van der Waals surface area contributed by atoms with E-state index in [2.05, 4.69) is 10.3 Å². The topological polar surface area (TPSA) is 84.3 Å². The lowest BCUT2D eigenvalue weighted by Crippen LogP contribution is -2.48. The summed E-state index contributed by atoms with van der Waals surface area (Å²) in [4.78, 5) is 44.2. The Morgan fingerprint density at radius 1 is 1.21 bits per heavy atom. The van der Waals surface area contributed by atoms with Gasteiger partial charge >= 0.3 is 0 Å². The molecular weight excluding hydrogens is 447 g/mol. The lowest BCUT2D eigenvalue weighted by molar-refractivity contribution is -0.140. The minimum atomic E-state index is -0.606. The molecular formula is C24H22ClFN4O3. The summed E-state index contributed by atoms with van der Waals surface area (Å²) in [5.74, 6) is -0.871. The summed E-state index contributed by atoms with van der Waals surface area (Å²) in [6.45, 7) is 1.45. The summed E-state index contributed by atoms with van der Waals surface area (Å²) >= 11 is 5.82. The SMILES string of the molecule is CC(=O)c1cn(CC(=O)N2[C@@H]3C[C@@H]3C[C@H]2C(=O)NCc2cccc(Cl)c2F)c2ncccc12. The summed E-state index contributed by atoms with van der Waals surface area (Å²) in [5, 5.41) is 3.45. The molecule has 0 radical (unpaired) electrons. The quantitative estimate of drug-likeness (QED) is 0.562. The number of carbonyl (C=O) groups excluding carboxylic acids is 3. The van der Waals surface area contributed by atoms with Crippen molar-refractivity contribution in [2.24, 2.45) is 5.92 Å². The zero-order valence-corrected chi connectivity index (χ0v) is 18.7. The van der Waals surface area contributed by atoms with Crippen LogP contribution in [0.3, 0.4) is 0 Å². The maximum atomic E-state index is 14.2. The Hall–Kier alpha value is -3.26. The van der Waals surface area contributed by atoms with Crippen LogP contribution in [0.4, 0.5) is 4.39 Å². The van der Waals surface area contributed by atoms with Crippen LogP contribution in [-0.2, 0) is 22.7 Å². The number of amides is 2. The van der Waals surface area contributed by atoms with Crippen molar-refractivity contribution in [2.45, 2.75) is 44.9 Å². The number of halogens is 2. The number of Topliss-reactive ketones (excluding diaryl/α,β-unsaturated/α-hetero) is 1. The molecule has 3 atom stereocenters.